The van der Waals surface area contributed by atoms with Crippen LogP contribution >= 0.6 is 0 Å². The number of benzene rings is 1. The Hall–Kier alpha value is -2.67. The van der Waals surface area contributed by atoms with Crippen LogP contribution in [0, 0.1) is 0 Å². The lowest BCUT2D eigenvalue weighted by Crippen LogP contribution is -2.47. The summed E-state index contributed by atoms with van der Waals surface area (Å²) in [4.78, 5) is 29.8. The highest BCUT2D eigenvalue weighted by Crippen LogP contribution is 2.37. The molecule has 108 valence electrons. The van der Waals surface area contributed by atoms with Gasteiger partial charge in [0.15, 0.2) is 6.23 Å². The van der Waals surface area contributed by atoms with Gasteiger partial charge in [-0.05, 0) is 12.1 Å². The third-order valence-corrected chi connectivity index (χ3v) is 3.91. The second kappa shape index (κ2) is 4.42. The molecule has 0 saturated carbocycles. The number of nitrogens with two attached hydrogens (primary N) is 1. The Morgan fingerprint density at radius 2 is 2.19 bits per heavy atom. The van der Waals surface area contributed by atoms with Gasteiger partial charge < -0.3 is 20.9 Å². The van der Waals surface area contributed by atoms with E-state index in [0.29, 0.717) is 16.6 Å². The predicted molar refractivity (Wildman–Crippen MR) is 75.2 cm³/mol. The number of primary amides is 1. The molecule has 7 nitrogen and oxygen atoms in total. The maximum Gasteiger partial charge on any atom is 0.337 e. The molecule has 2 atom stereocenters. The van der Waals surface area contributed by atoms with Gasteiger partial charge in [0.1, 0.15) is 5.41 Å². The first-order chi connectivity index (χ1) is 9.96. The number of carboxylic acids is 1. The van der Waals surface area contributed by atoms with Gasteiger partial charge in [-0.3, -0.25) is 9.79 Å². The van der Waals surface area contributed by atoms with Crippen molar-refractivity contribution in [3.63, 3.8) is 0 Å². The molecular weight excluding hydrogens is 274 g/mol. The molecule has 2 aromatic rings. The molecule has 5 N–H and O–H groups in total. The van der Waals surface area contributed by atoms with Gasteiger partial charge in [-0.1, -0.05) is 12.1 Å². The molecule has 0 aliphatic carbocycles. The maximum atomic E-state index is 11.9. The zero-order valence-corrected chi connectivity index (χ0v) is 10.9. The molecule has 21 heavy (non-hydrogen) atoms. The number of nitrogens with zero attached hydrogens (tertiary/aromatic N) is 1. The number of fused-ring (bicyclic) bond motifs is 1. The Morgan fingerprint density at radius 1 is 1.43 bits per heavy atom. The summed E-state index contributed by atoms with van der Waals surface area (Å²) in [6.07, 6.45) is 0.328. The SMILES string of the molecule is NC(=O)C1(c2cc3cccc(C(=O)O)c3[nH]2)CC=NC1O. The van der Waals surface area contributed by atoms with Crippen LogP contribution in [-0.2, 0) is 10.2 Å². The lowest BCUT2D eigenvalue weighted by atomic mass is 9.80. The highest BCUT2D eigenvalue weighted by molar-refractivity contribution is 6.03. The van der Waals surface area contributed by atoms with Crippen molar-refractivity contribution in [2.24, 2.45) is 10.7 Å². The molecular formula is C14H13N3O4. The molecule has 1 amide bonds. The minimum Gasteiger partial charge on any atom is -0.478 e. The topological polar surface area (TPSA) is 129 Å². The molecule has 3 rings (SSSR count). The van der Waals surface area contributed by atoms with Crippen LogP contribution in [0.4, 0.5) is 0 Å². The Morgan fingerprint density at radius 3 is 2.76 bits per heavy atom. The number of aromatic nitrogens is 1. The number of para-hydroxylation sites is 1. The molecule has 2 heterocycles. The summed E-state index contributed by atoms with van der Waals surface area (Å²) >= 11 is 0. The number of aromatic carboxylic acids is 1. The number of amides is 1. The van der Waals surface area contributed by atoms with Gasteiger partial charge in [0.2, 0.25) is 5.91 Å². The molecule has 0 saturated heterocycles. The fourth-order valence-corrected chi connectivity index (χ4v) is 2.71. The first-order valence-electron chi connectivity index (χ1n) is 6.32. The van der Waals surface area contributed by atoms with Crippen LogP contribution < -0.4 is 5.73 Å². The summed E-state index contributed by atoms with van der Waals surface area (Å²) in [6.45, 7) is 0. The molecule has 0 bridgehead atoms. The van der Waals surface area contributed by atoms with Crippen LogP contribution in [0.2, 0.25) is 0 Å². The van der Waals surface area contributed by atoms with E-state index >= 15 is 0 Å². The summed E-state index contributed by atoms with van der Waals surface area (Å²) < 4.78 is 0. The van der Waals surface area contributed by atoms with E-state index in [1.54, 1.807) is 18.2 Å². The van der Waals surface area contributed by atoms with Crippen molar-refractivity contribution < 1.29 is 19.8 Å². The van der Waals surface area contributed by atoms with E-state index in [0.717, 1.165) is 0 Å². The van der Waals surface area contributed by atoms with Gasteiger partial charge >= 0.3 is 5.97 Å². The Kier molecular flexibility index (Phi) is 2.80. The Bertz CT molecular complexity index is 780. The Balaban J connectivity index is 2.24. The van der Waals surface area contributed by atoms with Gasteiger partial charge in [0.05, 0.1) is 11.1 Å². The number of aromatic amines is 1. The number of aliphatic hydroxyl groups is 1. The van der Waals surface area contributed by atoms with Crippen molar-refractivity contribution in [3.8, 4) is 0 Å². The Labute approximate surface area is 119 Å². The number of carbonyl (C=O) groups is 2. The molecule has 1 aliphatic rings. The summed E-state index contributed by atoms with van der Waals surface area (Å²) in [7, 11) is 0. The van der Waals surface area contributed by atoms with Crippen LogP contribution in [0.3, 0.4) is 0 Å². The number of nitrogens with one attached hydrogen (secondary N) is 1. The van der Waals surface area contributed by atoms with E-state index in [4.69, 9.17) is 5.73 Å². The third-order valence-electron chi connectivity index (χ3n) is 3.91. The van der Waals surface area contributed by atoms with Crippen molar-refractivity contribution in [1.29, 1.82) is 0 Å². The van der Waals surface area contributed by atoms with Crippen molar-refractivity contribution in [2.75, 3.05) is 0 Å². The minimum atomic E-state index is -1.38. The minimum absolute atomic E-state index is 0.0896. The molecule has 0 radical (unpaired) electrons. The standard InChI is InChI=1S/C14H13N3O4/c15-12(20)14(4-5-16-13(14)21)9-6-7-2-1-3-8(11(18)19)10(7)17-9/h1-3,5-6,13,17,21H,4H2,(H2,15,20)(H,18,19). The fourth-order valence-electron chi connectivity index (χ4n) is 2.71. The third kappa shape index (κ3) is 1.74. The summed E-state index contributed by atoms with van der Waals surface area (Å²) in [5.74, 6) is -1.79. The summed E-state index contributed by atoms with van der Waals surface area (Å²) in [6, 6.07) is 6.43. The molecule has 0 spiro atoms. The van der Waals surface area contributed by atoms with Gasteiger partial charge in [0, 0.05) is 23.7 Å². The second-order valence-corrected chi connectivity index (χ2v) is 5.00. The van der Waals surface area contributed by atoms with E-state index in [-0.39, 0.29) is 12.0 Å². The van der Waals surface area contributed by atoms with E-state index in [1.165, 1.54) is 12.3 Å². The van der Waals surface area contributed by atoms with Gasteiger partial charge in [-0.2, -0.15) is 0 Å². The van der Waals surface area contributed by atoms with Gasteiger partial charge in [0.25, 0.3) is 0 Å². The normalized spacial score (nSPS) is 24.5. The monoisotopic (exact) mass is 287 g/mol. The van der Waals surface area contributed by atoms with Crippen LogP contribution in [0.25, 0.3) is 10.9 Å². The van der Waals surface area contributed by atoms with E-state index < -0.39 is 23.5 Å². The second-order valence-electron chi connectivity index (χ2n) is 5.00. The highest BCUT2D eigenvalue weighted by atomic mass is 16.4. The quantitative estimate of drug-likeness (QED) is 0.650. The van der Waals surface area contributed by atoms with E-state index in [9.17, 15) is 19.8 Å². The molecule has 1 aliphatic heterocycles. The van der Waals surface area contributed by atoms with Crippen molar-refractivity contribution in [3.05, 3.63) is 35.5 Å². The molecule has 7 heteroatoms. The number of hydrogen-bond acceptors (Lipinski definition) is 4. The number of H-pyrrole nitrogens is 1. The van der Waals surface area contributed by atoms with Crippen molar-refractivity contribution >= 4 is 29.0 Å². The van der Waals surface area contributed by atoms with Crippen LogP contribution in [0.5, 0.6) is 0 Å². The first-order valence-corrected chi connectivity index (χ1v) is 6.32. The molecule has 2 unspecified atom stereocenters. The number of rotatable bonds is 3. The lowest BCUT2D eigenvalue weighted by Gasteiger charge is -2.26. The number of aliphatic imine (C=N–C) groups is 1. The first kappa shape index (κ1) is 13.3. The number of carboxylic acid groups (broad SMARTS) is 1. The van der Waals surface area contributed by atoms with Crippen LogP contribution in [0.15, 0.2) is 29.3 Å². The predicted octanol–water partition coefficient (Wildman–Crippen LogP) is 0.382. The average molecular weight is 287 g/mol. The maximum absolute atomic E-state index is 11.9. The van der Waals surface area contributed by atoms with E-state index in [2.05, 4.69) is 9.98 Å². The molecule has 1 aromatic carbocycles. The molecule has 0 fully saturated rings. The highest BCUT2D eigenvalue weighted by Gasteiger charge is 2.49. The number of aliphatic hydroxyl groups excluding tert-OH is 1. The van der Waals surface area contributed by atoms with Gasteiger partial charge in [-0.15, -0.1) is 0 Å². The number of carbonyl (C=O) groups excluding carboxylic acids is 1. The van der Waals surface area contributed by atoms with Crippen LogP contribution in [-0.4, -0.2) is 39.5 Å². The lowest BCUT2D eigenvalue weighted by molar-refractivity contribution is -0.127. The van der Waals surface area contributed by atoms with Gasteiger partial charge in [-0.25, -0.2) is 4.79 Å². The smallest absolute Gasteiger partial charge is 0.337 e. The summed E-state index contributed by atoms with van der Waals surface area (Å²) in [5.41, 5.74) is 4.92. The van der Waals surface area contributed by atoms with E-state index in [1.807, 2.05) is 0 Å². The van der Waals surface area contributed by atoms with Crippen molar-refractivity contribution in [1.82, 2.24) is 4.98 Å². The average Bonchev–Trinajstić information content (AvgIpc) is 3.01. The largest absolute Gasteiger partial charge is 0.478 e. The fraction of sp³-hybridized carbons (Fsp3) is 0.214. The zero-order chi connectivity index (χ0) is 15.2. The van der Waals surface area contributed by atoms with Crippen LogP contribution in [0.1, 0.15) is 22.5 Å². The summed E-state index contributed by atoms with van der Waals surface area (Å²) in [5, 5.41) is 19.9. The van der Waals surface area contributed by atoms with Crippen molar-refractivity contribution in [2.45, 2.75) is 18.1 Å². The molecule has 1 aromatic heterocycles. The zero-order valence-electron chi connectivity index (χ0n) is 10.9. The number of hydrogen-bond donors (Lipinski definition) is 4.